The van der Waals surface area contributed by atoms with E-state index < -0.39 is 0 Å². The summed E-state index contributed by atoms with van der Waals surface area (Å²) in [6.07, 6.45) is 4.91. The first-order valence-electron chi connectivity index (χ1n) is 10.1. The topological polar surface area (TPSA) is 92.5 Å². The van der Waals surface area contributed by atoms with Gasteiger partial charge in [-0.3, -0.25) is 5.10 Å². The lowest BCUT2D eigenvalue weighted by molar-refractivity contribution is 0.922. The standard InChI is InChI=1S/C14H14N6.C9H12/c15-14-16-10-4-2-1-3-9(10)13(18-14)17-12-7-11(19-20-12)8-5-6-8;1-2-6-9-7-4-3-5-8-9/h1-4,7-8H,5-6H2,(H4,15,16,17,18,19,20);3-5,7-8H,2,6H2,1H3. The molecule has 1 fully saturated rings. The first kappa shape index (κ1) is 18.9. The summed E-state index contributed by atoms with van der Waals surface area (Å²) in [4.78, 5) is 8.50. The number of fused-ring (bicyclic) bond motifs is 1. The number of nitrogen functional groups attached to an aromatic ring is 1. The van der Waals surface area contributed by atoms with Crippen molar-refractivity contribution in [2.75, 3.05) is 11.1 Å². The lowest BCUT2D eigenvalue weighted by atomic mass is 10.1. The molecule has 4 N–H and O–H groups in total. The Morgan fingerprint density at radius 1 is 1.03 bits per heavy atom. The predicted molar refractivity (Wildman–Crippen MR) is 118 cm³/mol. The fraction of sp³-hybridized carbons (Fsp3) is 0.261. The number of anilines is 3. The molecule has 0 spiro atoms. The average molecular weight is 387 g/mol. The van der Waals surface area contributed by atoms with Gasteiger partial charge in [0.1, 0.15) is 11.6 Å². The van der Waals surface area contributed by atoms with Gasteiger partial charge in [-0.25, -0.2) is 4.98 Å². The molecule has 0 saturated heterocycles. The van der Waals surface area contributed by atoms with Crippen LogP contribution in [0.3, 0.4) is 0 Å². The minimum absolute atomic E-state index is 0.258. The Bertz CT molecular complexity index is 1070. The molecule has 0 radical (unpaired) electrons. The van der Waals surface area contributed by atoms with Gasteiger partial charge in [0.05, 0.1) is 11.2 Å². The summed E-state index contributed by atoms with van der Waals surface area (Å²) >= 11 is 0. The normalized spacial score (nSPS) is 13.0. The van der Waals surface area contributed by atoms with Crippen LogP contribution in [-0.4, -0.2) is 20.2 Å². The molecule has 2 heterocycles. The van der Waals surface area contributed by atoms with Crippen LogP contribution in [0.25, 0.3) is 10.9 Å². The van der Waals surface area contributed by atoms with E-state index in [1.807, 2.05) is 30.3 Å². The molecule has 2 aromatic carbocycles. The fourth-order valence-corrected chi connectivity index (χ4v) is 3.24. The van der Waals surface area contributed by atoms with E-state index >= 15 is 0 Å². The second-order valence-corrected chi connectivity index (χ2v) is 7.29. The van der Waals surface area contributed by atoms with Gasteiger partial charge in [-0.05, 0) is 37.0 Å². The summed E-state index contributed by atoms with van der Waals surface area (Å²) in [5, 5.41) is 11.5. The zero-order valence-electron chi connectivity index (χ0n) is 16.6. The van der Waals surface area contributed by atoms with Gasteiger partial charge < -0.3 is 11.1 Å². The third-order valence-electron chi connectivity index (χ3n) is 4.85. The number of aryl methyl sites for hydroxylation is 1. The Morgan fingerprint density at radius 3 is 2.55 bits per heavy atom. The number of nitrogens with zero attached hydrogens (tertiary/aromatic N) is 3. The Labute approximate surface area is 170 Å². The molecule has 1 aliphatic carbocycles. The minimum Gasteiger partial charge on any atom is -0.368 e. The van der Waals surface area contributed by atoms with Crippen LogP contribution in [0, 0.1) is 0 Å². The zero-order valence-corrected chi connectivity index (χ0v) is 16.6. The first-order chi connectivity index (χ1) is 14.2. The first-order valence-corrected chi connectivity index (χ1v) is 10.1. The number of nitrogens with two attached hydrogens (primary N) is 1. The lowest BCUT2D eigenvalue weighted by Crippen LogP contribution is -2.01. The number of benzene rings is 2. The van der Waals surface area contributed by atoms with Crippen molar-refractivity contribution in [3.63, 3.8) is 0 Å². The maximum atomic E-state index is 5.75. The third-order valence-corrected chi connectivity index (χ3v) is 4.85. The van der Waals surface area contributed by atoms with Gasteiger partial charge in [0.15, 0.2) is 0 Å². The van der Waals surface area contributed by atoms with Crippen LogP contribution < -0.4 is 11.1 Å². The quantitative estimate of drug-likeness (QED) is 0.439. The molecule has 0 unspecified atom stereocenters. The number of aromatic nitrogens is 4. The summed E-state index contributed by atoms with van der Waals surface area (Å²) in [6.45, 7) is 2.20. The number of para-hydroxylation sites is 1. The molecular formula is C23H26N6. The van der Waals surface area contributed by atoms with Gasteiger partial charge in [0, 0.05) is 17.4 Å². The van der Waals surface area contributed by atoms with Gasteiger partial charge in [0.2, 0.25) is 5.95 Å². The van der Waals surface area contributed by atoms with Crippen LogP contribution >= 0.6 is 0 Å². The second-order valence-electron chi connectivity index (χ2n) is 7.29. The van der Waals surface area contributed by atoms with Gasteiger partial charge in [-0.2, -0.15) is 10.1 Å². The molecule has 6 heteroatoms. The monoisotopic (exact) mass is 386 g/mol. The Morgan fingerprint density at radius 2 is 1.79 bits per heavy atom. The minimum atomic E-state index is 0.258. The van der Waals surface area contributed by atoms with Gasteiger partial charge in [-0.1, -0.05) is 55.8 Å². The van der Waals surface area contributed by atoms with E-state index in [-0.39, 0.29) is 5.95 Å². The van der Waals surface area contributed by atoms with Gasteiger partial charge in [-0.15, -0.1) is 0 Å². The van der Waals surface area contributed by atoms with E-state index in [2.05, 4.69) is 62.7 Å². The van der Waals surface area contributed by atoms with Crippen LogP contribution in [0.2, 0.25) is 0 Å². The second kappa shape index (κ2) is 8.73. The number of nitrogens with one attached hydrogen (secondary N) is 2. The summed E-state index contributed by atoms with van der Waals surface area (Å²) < 4.78 is 0. The van der Waals surface area contributed by atoms with Crippen molar-refractivity contribution in [2.45, 2.75) is 38.5 Å². The van der Waals surface area contributed by atoms with Gasteiger partial charge >= 0.3 is 0 Å². The fourth-order valence-electron chi connectivity index (χ4n) is 3.24. The third kappa shape index (κ3) is 4.90. The molecule has 4 aromatic rings. The van der Waals surface area contributed by atoms with Crippen LogP contribution in [0.1, 0.15) is 43.4 Å². The van der Waals surface area contributed by atoms with E-state index in [0.29, 0.717) is 11.7 Å². The SMILES string of the molecule is CCCc1ccccc1.Nc1nc(Nc2cc(C3CC3)n[nH]2)c2ccccc2n1. The van der Waals surface area contributed by atoms with Crippen molar-refractivity contribution < 1.29 is 0 Å². The molecule has 6 nitrogen and oxygen atoms in total. The number of hydrogen-bond acceptors (Lipinski definition) is 5. The highest BCUT2D eigenvalue weighted by atomic mass is 15.2. The average Bonchev–Trinajstić information content (AvgIpc) is 3.49. The number of H-pyrrole nitrogens is 1. The number of hydrogen-bond donors (Lipinski definition) is 3. The summed E-state index contributed by atoms with van der Waals surface area (Å²) in [5.41, 5.74) is 9.13. The summed E-state index contributed by atoms with van der Waals surface area (Å²) in [5.74, 6) is 2.40. The lowest BCUT2D eigenvalue weighted by Gasteiger charge is -2.07. The molecule has 0 amide bonds. The van der Waals surface area contributed by atoms with Crippen molar-refractivity contribution in [1.82, 2.24) is 20.2 Å². The highest BCUT2D eigenvalue weighted by Gasteiger charge is 2.26. The molecule has 2 aromatic heterocycles. The Hall–Kier alpha value is -3.41. The molecule has 1 aliphatic rings. The van der Waals surface area contributed by atoms with E-state index in [1.165, 1.54) is 31.2 Å². The molecule has 29 heavy (non-hydrogen) atoms. The number of rotatable bonds is 5. The maximum Gasteiger partial charge on any atom is 0.222 e. The molecule has 148 valence electrons. The van der Waals surface area contributed by atoms with Crippen molar-refractivity contribution in [2.24, 2.45) is 0 Å². The summed E-state index contributed by atoms with van der Waals surface area (Å²) in [6, 6.07) is 20.4. The van der Waals surface area contributed by atoms with E-state index in [9.17, 15) is 0 Å². The maximum absolute atomic E-state index is 5.75. The Kier molecular flexibility index (Phi) is 5.70. The van der Waals surface area contributed by atoms with Gasteiger partial charge in [0.25, 0.3) is 0 Å². The smallest absolute Gasteiger partial charge is 0.222 e. The molecule has 5 rings (SSSR count). The van der Waals surface area contributed by atoms with Crippen LogP contribution in [0.4, 0.5) is 17.6 Å². The number of aromatic amines is 1. The van der Waals surface area contributed by atoms with Crippen molar-refractivity contribution in [1.29, 1.82) is 0 Å². The largest absolute Gasteiger partial charge is 0.368 e. The summed E-state index contributed by atoms with van der Waals surface area (Å²) in [7, 11) is 0. The van der Waals surface area contributed by atoms with E-state index in [1.54, 1.807) is 0 Å². The molecular weight excluding hydrogens is 360 g/mol. The van der Waals surface area contributed by atoms with Crippen molar-refractivity contribution in [3.05, 3.63) is 71.9 Å². The molecule has 0 aliphatic heterocycles. The molecule has 0 bridgehead atoms. The van der Waals surface area contributed by atoms with Crippen molar-refractivity contribution in [3.8, 4) is 0 Å². The van der Waals surface area contributed by atoms with Crippen LogP contribution in [-0.2, 0) is 6.42 Å². The highest BCUT2D eigenvalue weighted by molar-refractivity contribution is 5.91. The van der Waals surface area contributed by atoms with E-state index in [4.69, 9.17) is 5.73 Å². The Balaban J connectivity index is 0.000000192. The predicted octanol–water partition coefficient (Wildman–Crippen LogP) is 5.20. The highest BCUT2D eigenvalue weighted by Crippen LogP contribution is 2.39. The van der Waals surface area contributed by atoms with Crippen LogP contribution in [0.5, 0.6) is 0 Å². The van der Waals surface area contributed by atoms with E-state index in [0.717, 1.165) is 22.4 Å². The molecule has 1 saturated carbocycles. The molecule has 0 atom stereocenters. The van der Waals surface area contributed by atoms with Crippen LogP contribution in [0.15, 0.2) is 60.7 Å². The zero-order chi connectivity index (χ0) is 20.1. The van der Waals surface area contributed by atoms with Crippen molar-refractivity contribution >= 4 is 28.5 Å².